The number of aryl methyl sites for hydroxylation is 1. The van der Waals surface area contributed by atoms with Gasteiger partial charge in [0.2, 0.25) is 11.7 Å². The molecule has 2 aliphatic heterocycles. The zero-order valence-corrected chi connectivity index (χ0v) is 25.9. The number of carbonyl (C=O) groups excluding carboxylic acids is 1. The van der Waals surface area contributed by atoms with Crippen molar-refractivity contribution >= 4 is 11.7 Å². The number of aromatic nitrogens is 4. The maximum atomic E-state index is 14.1. The van der Waals surface area contributed by atoms with Gasteiger partial charge in [-0.3, -0.25) is 14.4 Å². The Morgan fingerprint density at radius 2 is 1.91 bits per heavy atom. The number of alkyl halides is 3. The monoisotopic (exact) mass is 603 g/mol. The van der Waals surface area contributed by atoms with Gasteiger partial charge in [-0.2, -0.15) is 18.3 Å². The molecule has 0 bridgehead atoms. The highest BCUT2D eigenvalue weighted by Gasteiger charge is 2.53. The lowest BCUT2D eigenvalue weighted by Gasteiger charge is -2.57. The summed E-state index contributed by atoms with van der Waals surface area (Å²) >= 11 is 0. The van der Waals surface area contributed by atoms with Gasteiger partial charge < -0.3 is 14.5 Å². The molecule has 2 saturated heterocycles. The van der Waals surface area contributed by atoms with Gasteiger partial charge in [-0.1, -0.05) is 27.4 Å². The van der Waals surface area contributed by atoms with E-state index < -0.39 is 12.0 Å². The molecule has 1 aliphatic carbocycles. The van der Waals surface area contributed by atoms with E-state index in [1.54, 1.807) is 18.1 Å². The number of ether oxygens (including phenoxy) is 1. The van der Waals surface area contributed by atoms with E-state index in [9.17, 15) is 18.0 Å². The van der Waals surface area contributed by atoms with Crippen molar-refractivity contribution in [1.29, 1.82) is 0 Å². The number of rotatable bonds is 8. The summed E-state index contributed by atoms with van der Waals surface area (Å²) in [5.74, 6) is -0.478. The molecular weight excluding hydrogens is 559 g/mol. The molecule has 2 aromatic heterocycles. The van der Waals surface area contributed by atoms with Gasteiger partial charge in [0, 0.05) is 76.0 Å². The van der Waals surface area contributed by atoms with Gasteiger partial charge in [-0.05, 0) is 42.7 Å². The molecule has 3 aliphatic rings. The molecule has 0 spiro atoms. The van der Waals surface area contributed by atoms with Crippen LogP contribution in [-0.4, -0.2) is 94.5 Å². The Hall–Kier alpha value is -2.99. The van der Waals surface area contributed by atoms with Crippen LogP contribution in [0.5, 0.6) is 0 Å². The van der Waals surface area contributed by atoms with Crippen molar-refractivity contribution in [2.45, 2.75) is 71.1 Å². The number of hydrogen-bond acceptors (Lipinski definition) is 7. The summed E-state index contributed by atoms with van der Waals surface area (Å²) < 4.78 is 49.6. The normalized spacial score (nSPS) is 26.3. The highest BCUT2D eigenvalue weighted by atomic mass is 19.4. The van der Waals surface area contributed by atoms with Crippen molar-refractivity contribution in [1.82, 2.24) is 29.5 Å². The lowest BCUT2D eigenvalue weighted by Crippen LogP contribution is -2.62. The van der Waals surface area contributed by atoms with Gasteiger partial charge in [0.25, 0.3) is 0 Å². The molecule has 4 heterocycles. The van der Waals surface area contributed by atoms with Crippen molar-refractivity contribution < 1.29 is 22.7 Å². The molecule has 12 heteroatoms. The smallest absolute Gasteiger partial charge is 0.383 e. The first-order chi connectivity index (χ1) is 20.3. The number of halogens is 3. The number of methoxy groups -OCH3 is 1. The fraction of sp³-hybridized carbons (Fsp3) is 0.677. The maximum Gasteiger partial charge on any atom is 0.451 e. The van der Waals surface area contributed by atoms with Crippen molar-refractivity contribution in [3.05, 3.63) is 47.7 Å². The Labute approximate surface area is 252 Å². The minimum Gasteiger partial charge on any atom is -0.383 e. The molecule has 236 valence electrons. The van der Waals surface area contributed by atoms with Crippen LogP contribution in [0.4, 0.5) is 19.0 Å². The van der Waals surface area contributed by atoms with Crippen LogP contribution in [0.2, 0.25) is 0 Å². The molecule has 1 saturated carbocycles. The summed E-state index contributed by atoms with van der Waals surface area (Å²) in [7, 11) is 1.67. The number of piperazine rings is 1. The quantitative estimate of drug-likeness (QED) is 0.412. The summed E-state index contributed by atoms with van der Waals surface area (Å²) in [4.78, 5) is 26.3. The number of amides is 1. The molecule has 0 aromatic carbocycles. The van der Waals surface area contributed by atoms with Crippen molar-refractivity contribution in [2.75, 3.05) is 57.9 Å². The Bertz CT molecular complexity index is 1320. The first-order valence-electron chi connectivity index (χ1n) is 15.2. The van der Waals surface area contributed by atoms with E-state index in [0.29, 0.717) is 50.8 Å². The van der Waals surface area contributed by atoms with Crippen molar-refractivity contribution in [3.63, 3.8) is 0 Å². The highest BCUT2D eigenvalue weighted by Crippen LogP contribution is 2.55. The fourth-order valence-electron chi connectivity index (χ4n) is 7.41. The molecule has 1 amide bonds. The van der Waals surface area contributed by atoms with Crippen LogP contribution in [0.3, 0.4) is 0 Å². The van der Waals surface area contributed by atoms with Crippen LogP contribution in [0.25, 0.3) is 0 Å². The van der Waals surface area contributed by atoms with Gasteiger partial charge in [0.05, 0.1) is 25.0 Å². The van der Waals surface area contributed by atoms with Crippen LogP contribution < -0.4 is 4.90 Å². The number of nitrogens with zero attached hydrogens (tertiary/aromatic N) is 7. The molecule has 43 heavy (non-hydrogen) atoms. The van der Waals surface area contributed by atoms with Crippen molar-refractivity contribution in [3.8, 4) is 0 Å². The summed E-state index contributed by atoms with van der Waals surface area (Å²) in [5.41, 5.74) is 2.49. The van der Waals surface area contributed by atoms with Crippen LogP contribution in [-0.2, 0) is 22.3 Å². The lowest BCUT2D eigenvalue weighted by molar-refractivity contribution is -0.145. The zero-order chi connectivity index (χ0) is 31.1. The maximum absolute atomic E-state index is 14.1. The van der Waals surface area contributed by atoms with Crippen LogP contribution >= 0.6 is 0 Å². The zero-order valence-electron chi connectivity index (χ0n) is 25.9. The average Bonchev–Trinajstić information content (AvgIpc) is 3.34. The molecule has 0 N–H and O–H groups in total. The average molecular weight is 604 g/mol. The van der Waals surface area contributed by atoms with Gasteiger partial charge in [-0.25, -0.2) is 9.97 Å². The summed E-state index contributed by atoms with van der Waals surface area (Å²) in [6.07, 6.45) is 0.0933. The van der Waals surface area contributed by atoms with E-state index in [2.05, 4.69) is 54.2 Å². The topological polar surface area (TPSA) is 79.6 Å². The Kier molecular flexibility index (Phi) is 8.91. The predicted molar refractivity (Wildman–Crippen MR) is 158 cm³/mol. The Morgan fingerprint density at radius 3 is 2.51 bits per heavy atom. The highest BCUT2D eigenvalue weighted by molar-refractivity contribution is 5.87. The predicted octanol–water partition coefficient (Wildman–Crippen LogP) is 4.49. The van der Waals surface area contributed by atoms with Gasteiger partial charge in [0.1, 0.15) is 5.82 Å². The van der Waals surface area contributed by atoms with Crippen LogP contribution in [0, 0.1) is 18.3 Å². The second kappa shape index (κ2) is 12.2. The molecular formula is C31H44F3N7O2. The summed E-state index contributed by atoms with van der Waals surface area (Å²) in [6.45, 7) is 17.2. The number of carbonyl (C=O) groups is 1. The summed E-state index contributed by atoms with van der Waals surface area (Å²) in [5, 5.41) is 4.55. The molecule has 9 nitrogen and oxygen atoms in total. The number of piperidine rings is 1. The largest absolute Gasteiger partial charge is 0.451 e. The van der Waals surface area contributed by atoms with Crippen molar-refractivity contribution in [2.24, 2.45) is 11.3 Å². The first kappa shape index (κ1) is 31.4. The SMILES string of the molecule is C=CC(=O)N1CCN([C@@H]2C[C@H](c3cc(N4CC[C@@H](c5c(C)cnn5CCOC)[C@H](C)C4)nc(C(F)(F)F)n3)C2(C)C)CC1. The standard InChI is InChI=1S/C31H44F3N7O2/c1-7-27(42)39-12-10-38(11-13-39)25-16-23(30(25,4)5)24-17-26(37-29(36-24)31(32,33)34)40-9-8-22(21(3)19-40)28-20(2)18-35-41(28)14-15-43-6/h7,17-18,21-23,25H,1,8-16,19H2,2-6H3/t21-,22-,23-,25-/m1/s1. The molecule has 0 unspecified atom stereocenters. The molecule has 0 radical (unpaired) electrons. The third kappa shape index (κ3) is 6.18. The lowest BCUT2D eigenvalue weighted by atomic mass is 9.56. The molecule has 2 aromatic rings. The van der Waals surface area contributed by atoms with E-state index in [-0.39, 0.29) is 35.1 Å². The fourth-order valence-corrected chi connectivity index (χ4v) is 7.41. The van der Waals surface area contributed by atoms with Gasteiger partial charge >= 0.3 is 6.18 Å². The van der Waals surface area contributed by atoms with E-state index in [1.165, 1.54) is 11.8 Å². The molecule has 5 rings (SSSR count). The van der Waals surface area contributed by atoms with Gasteiger partial charge in [-0.15, -0.1) is 0 Å². The Morgan fingerprint density at radius 1 is 1.19 bits per heavy atom. The summed E-state index contributed by atoms with van der Waals surface area (Å²) in [6, 6.07) is 1.99. The van der Waals surface area contributed by atoms with E-state index in [4.69, 9.17) is 4.74 Å². The second-order valence-corrected chi connectivity index (χ2v) is 12.9. The van der Waals surface area contributed by atoms with Gasteiger partial charge in [0.15, 0.2) is 0 Å². The second-order valence-electron chi connectivity index (χ2n) is 12.9. The number of hydrogen-bond donors (Lipinski definition) is 0. The minimum absolute atomic E-state index is 0.0659. The van der Waals surface area contributed by atoms with E-state index >= 15 is 0 Å². The third-order valence-corrected chi connectivity index (χ3v) is 9.96. The third-order valence-electron chi connectivity index (χ3n) is 9.96. The first-order valence-corrected chi connectivity index (χ1v) is 15.2. The molecule has 3 fully saturated rings. The Balaban J connectivity index is 1.33. The number of anilines is 1. The minimum atomic E-state index is -4.64. The van der Waals surface area contributed by atoms with E-state index in [1.807, 2.05) is 15.8 Å². The van der Waals surface area contributed by atoms with Crippen LogP contribution in [0.15, 0.2) is 24.9 Å². The van der Waals surface area contributed by atoms with Crippen LogP contribution in [0.1, 0.15) is 68.2 Å². The molecule has 4 atom stereocenters. The van der Waals surface area contributed by atoms with E-state index in [0.717, 1.165) is 31.5 Å².